The number of nitrogen functional groups attached to an aromatic ring is 1. The first-order valence-electron chi connectivity index (χ1n) is 8.56. The normalized spacial score (nSPS) is 11.2. The number of hydrazone groups is 1. The Kier molecular flexibility index (Phi) is 5.64. The lowest BCUT2D eigenvalue weighted by Crippen LogP contribution is -2.19. The van der Waals surface area contributed by atoms with Crippen molar-refractivity contribution < 1.29 is 14.5 Å². The Morgan fingerprint density at radius 2 is 2.10 bits per heavy atom. The van der Waals surface area contributed by atoms with Crippen LogP contribution in [0.4, 0.5) is 5.82 Å². The lowest BCUT2D eigenvalue weighted by atomic mass is 10.1. The van der Waals surface area contributed by atoms with Crippen LogP contribution in [-0.4, -0.2) is 42.5 Å². The molecule has 31 heavy (non-hydrogen) atoms. The molecule has 2 aromatic heterocycles. The van der Waals surface area contributed by atoms with E-state index in [1.807, 2.05) is 0 Å². The smallest absolute Gasteiger partial charge is 0.294 e. The monoisotopic (exact) mass is 502 g/mol. The van der Waals surface area contributed by atoms with Crippen LogP contribution in [0.15, 0.2) is 56.7 Å². The van der Waals surface area contributed by atoms with Gasteiger partial charge in [-0.3, -0.25) is 4.79 Å². The number of carbonyl (C=O) groups is 1. The van der Waals surface area contributed by atoms with E-state index in [0.29, 0.717) is 16.1 Å². The number of amides is 1. The highest BCUT2D eigenvalue weighted by atomic mass is 79.9. The van der Waals surface area contributed by atoms with E-state index in [1.54, 1.807) is 36.4 Å². The largest absolute Gasteiger partial charge is 0.507 e. The molecule has 4 rings (SSSR count). The number of phenolic OH excluding ortho intramolecular Hbond substituents is 1. The molecule has 2 heterocycles. The van der Waals surface area contributed by atoms with Crippen LogP contribution >= 0.6 is 27.5 Å². The average molecular weight is 504 g/mol. The van der Waals surface area contributed by atoms with Crippen LogP contribution < -0.4 is 11.2 Å². The summed E-state index contributed by atoms with van der Waals surface area (Å²) in [5, 5.41) is 29.2. The topological polar surface area (TPSA) is 157 Å². The van der Waals surface area contributed by atoms with Crippen molar-refractivity contribution in [2.75, 3.05) is 5.73 Å². The van der Waals surface area contributed by atoms with Gasteiger partial charge in [-0.05, 0) is 34.6 Å². The van der Waals surface area contributed by atoms with Crippen LogP contribution in [0.3, 0.4) is 0 Å². The summed E-state index contributed by atoms with van der Waals surface area (Å²) in [7, 11) is 0. The maximum absolute atomic E-state index is 12.8. The van der Waals surface area contributed by atoms with Gasteiger partial charge in [0.25, 0.3) is 5.91 Å². The van der Waals surface area contributed by atoms with Gasteiger partial charge in [-0.25, -0.2) is 10.1 Å². The van der Waals surface area contributed by atoms with Crippen LogP contribution in [0.2, 0.25) is 5.02 Å². The fraction of sp³-hybridized carbons (Fsp3) is 0. The van der Waals surface area contributed by atoms with Gasteiger partial charge in [-0.15, -0.1) is 5.10 Å². The third-order valence-electron chi connectivity index (χ3n) is 4.07. The Morgan fingerprint density at radius 3 is 2.84 bits per heavy atom. The molecule has 156 valence electrons. The highest BCUT2D eigenvalue weighted by molar-refractivity contribution is 9.10. The number of carbonyl (C=O) groups excluding carboxylic acids is 1. The molecule has 0 aliphatic heterocycles. The summed E-state index contributed by atoms with van der Waals surface area (Å²) in [4.78, 5) is 12.8. The number of rotatable bonds is 5. The minimum Gasteiger partial charge on any atom is -0.507 e. The Hall–Kier alpha value is -3.77. The number of phenols is 1. The summed E-state index contributed by atoms with van der Waals surface area (Å²) in [5.74, 6) is -0.683. The maximum Gasteiger partial charge on any atom is 0.294 e. The molecule has 0 fully saturated rings. The number of anilines is 1. The van der Waals surface area contributed by atoms with Crippen molar-refractivity contribution in [3.8, 4) is 22.8 Å². The number of hydrogen-bond donors (Lipinski definition) is 3. The quantitative estimate of drug-likeness (QED) is 0.277. The van der Waals surface area contributed by atoms with E-state index in [1.165, 1.54) is 17.0 Å². The van der Waals surface area contributed by atoms with Crippen molar-refractivity contribution in [2.24, 2.45) is 5.10 Å². The van der Waals surface area contributed by atoms with E-state index in [0.717, 1.165) is 4.47 Å². The minimum atomic E-state index is -0.679. The van der Waals surface area contributed by atoms with Crippen LogP contribution in [0.5, 0.6) is 5.75 Å². The molecule has 0 saturated heterocycles. The van der Waals surface area contributed by atoms with Crippen molar-refractivity contribution in [3.63, 3.8) is 0 Å². The van der Waals surface area contributed by atoms with Crippen molar-refractivity contribution in [2.45, 2.75) is 0 Å². The van der Waals surface area contributed by atoms with Crippen molar-refractivity contribution in [1.82, 2.24) is 30.7 Å². The first kappa shape index (κ1) is 20.5. The Labute approximate surface area is 187 Å². The van der Waals surface area contributed by atoms with Crippen LogP contribution in [0.25, 0.3) is 17.1 Å². The van der Waals surface area contributed by atoms with Gasteiger partial charge in [0.1, 0.15) is 11.4 Å². The van der Waals surface area contributed by atoms with Crippen molar-refractivity contribution in [1.29, 1.82) is 0 Å². The zero-order valence-corrected chi connectivity index (χ0v) is 17.7. The molecule has 13 heteroatoms. The molecule has 0 bridgehead atoms. The highest BCUT2D eigenvalue weighted by Gasteiger charge is 2.26. The average Bonchev–Trinajstić information content (AvgIpc) is 3.36. The van der Waals surface area contributed by atoms with Crippen LogP contribution in [-0.2, 0) is 0 Å². The number of hydrogen-bond acceptors (Lipinski definition) is 9. The molecule has 2 aromatic carbocycles. The molecular formula is C18H12BrClN8O3. The second-order valence-electron chi connectivity index (χ2n) is 6.05. The summed E-state index contributed by atoms with van der Waals surface area (Å²) in [5.41, 5.74) is 9.10. The van der Waals surface area contributed by atoms with Crippen LogP contribution in [0, 0.1) is 0 Å². The molecule has 0 unspecified atom stereocenters. The molecular weight excluding hydrogens is 492 g/mol. The third-order valence-corrected chi connectivity index (χ3v) is 4.89. The van der Waals surface area contributed by atoms with Gasteiger partial charge in [0.15, 0.2) is 5.69 Å². The molecule has 11 nitrogen and oxygen atoms in total. The molecule has 4 N–H and O–H groups in total. The van der Waals surface area contributed by atoms with Gasteiger partial charge in [0, 0.05) is 15.6 Å². The predicted molar refractivity (Wildman–Crippen MR) is 115 cm³/mol. The molecule has 4 aromatic rings. The molecule has 0 saturated carbocycles. The standard InChI is InChI=1S/C18H12BrClN8O3/c19-10-5-6-13(29)9(7-10)8-22-24-18(30)14-15(11-3-1-2-4-12(11)20)28(27-23-14)17-16(21)25-31-26-17/h1-8,29H,(H2,21,25)(H,24,30). The number of halogens is 2. The van der Waals surface area contributed by atoms with Gasteiger partial charge in [-0.2, -0.15) is 9.78 Å². The van der Waals surface area contributed by atoms with E-state index >= 15 is 0 Å². The van der Waals surface area contributed by atoms with Gasteiger partial charge in [0.05, 0.1) is 11.2 Å². The van der Waals surface area contributed by atoms with E-state index in [4.69, 9.17) is 17.3 Å². The second-order valence-corrected chi connectivity index (χ2v) is 7.38. The zero-order valence-electron chi connectivity index (χ0n) is 15.4. The maximum atomic E-state index is 12.8. The molecule has 0 spiro atoms. The van der Waals surface area contributed by atoms with E-state index in [2.05, 4.69) is 51.7 Å². The molecule has 0 aliphatic carbocycles. The summed E-state index contributed by atoms with van der Waals surface area (Å²) in [6.45, 7) is 0. The van der Waals surface area contributed by atoms with E-state index in [9.17, 15) is 9.90 Å². The van der Waals surface area contributed by atoms with E-state index < -0.39 is 5.91 Å². The van der Waals surface area contributed by atoms with E-state index in [-0.39, 0.29) is 28.8 Å². The SMILES string of the molecule is Nc1nonc1-n1nnc(C(=O)NN=Cc2cc(Br)ccc2O)c1-c1ccccc1Cl. The number of benzene rings is 2. The van der Waals surface area contributed by atoms with Crippen molar-refractivity contribution in [3.05, 3.63) is 63.2 Å². The highest BCUT2D eigenvalue weighted by Crippen LogP contribution is 2.31. The number of nitrogens with two attached hydrogens (primary N) is 1. The summed E-state index contributed by atoms with van der Waals surface area (Å²) < 4.78 is 6.56. The summed E-state index contributed by atoms with van der Waals surface area (Å²) in [6.07, 6.45) is 1.29. The molecule has 0 aliphatic rings. The summed E-state index contributed by atoms with van der Waals surface area (Å²) in [6, 6.07) is 11.6. The first-order valence-corrected chi connectivity index (χ1v) is 9.73. The number of aromatic hydroxyl groups is 1. The number of nitrogens with one attached hydrogen (secondary N) is 1. The minimum absolute atomic E-state index is 0.00194. The zero-order chi connectivity index (χ0) is 22.0. The Balaban J connectivity index is 1.71. The van der Waals surface area contributed by atoms with Gasteiger partial charge in [-0.1, -0.05) is 50.9 Å². The third kappa shape index (κ3) is 4.11. The van der Waals surface area contributed by atoms with Gasteiger partial charge in [0.2, 0.25) is 11.6 Å². The first-order chi connectivity index (χ1) is 15.0. The van der Waals surface area contributed by atoms with Gasteiger partial charge < -0.3 is 10.8 Å². The molecule has 0 atom stereocenters. The lowest BCUT2D eigenvalue weighted by Gasteiger charge is -2.07. The molecule has 1 amide bonds. The Bertz CT molecular complexity index is 1300. The van der Waals surface area contributed by atoms with Crippen molar-refractivity contribution >= 4 is 45.5 Å². The Morgan fingerprint density at radius 1 is 1.29 bits per heavy atom. The second kappa shape index (κ2) is 8.53. The number of aromatic nitrogens is 5. The lowest BCUT2D eigenvalue weighted by molar-refractivity contribution is 0.0950. The fourth-order valence-corrected chi connectivity index (χ4v) is 3.26. The number of nitrogens with zero attached hydrogens (tertiary/aromatic N) is 6. The molecule has 0 radical (unpaired) electrons. The predicted octanol–water partition coefficient (Wildman–Crippen LogP) is 2.78. The van der Waals surface area contributed by atoms with Gasteiger partial charge >= 0.3 is 0 Å². The van der Waals surface area contributed by atoms with Crippen LogP contribution in [0.1, 0.15) is 16.1 Å². The summed E-state index contributed by atoms with van der Waals surface area (Å²) >= 11 is 9.63. The fourth-order valence-electron chi connectivity index (χ4n) is 2.66.